The molecule has 1 atom stereocenters. The van der Waals surface area contributed by atoms with Crippen LogP contribution in [0.3, 0.4) is 0 Å². The van der Waals surface area contributed by atoms with E-state index in [4.69, 9.17) is 4.74 Å². The van der Waals surface area contributed by atoms with Gasteiger partial charge in [0, 0.05) is 37.4 Å². The zero-order chi connectivity index (χ0) is 20.8. The Balaban J connectivity index is 1.63. The Morgan fingerprint density at radius 2 is 2.07 bits per heavy atom. The maximum absolute atomic E-state index is 12.7. The van der Waals surface area contributed by atoms with Crippen molar-refractivity contribution in [2.75, 3.05) is 31.8 Å². The molecule has 4 rings (SSSR count). The fraction of sp³-hybridized carbons (Fsp3) is 0.444. The number of ether oxygens (including phenoxy) is 1. The zero-order valence-corrected chi connectivity index (χ0v) is 16.9. The minimum atomic E-state index is -3.31. The van der Waals surface area contributed by atoms with Crippen molar-refractivity contribution in [2.24, 2.45) is 0 Å². The number of aryl methyl sites for hydroxylation is 1. The van der Waals surface area contributed by atoms with E-state index in [1.54, 1.807) is 16.7 Å². The SMILES string of the molecule is COc1ncccc1NC(=O)c1cn2c(nc1=O)[C@]1(CCN(S(C)(=O)=O)C1)CC2. The number of fused-ring (bicyclic) bond motifs is 2. The maximum Gasteiger partial charge on any atom is 0.285 e. The van der Waals surface area contributed by atoms with E-state index in [9.17, 15) is 18.0 Å². The lowest BCUT2D eigenvalue weighted by Crippen LogP contribution is -2.35. The van der Waals surface area contributed by atoms with Crippen LogP contribution in [-0.2, 0) is 22.0 Å². The summed E-state index contributed by atoms with van der Waals surface area (Å²) in [6.07, 6.45) is 5.49. The molecule has 0 saturated carbocycles. The first kappa shape index (κ1) is 19.5. The number of carbonyl (C=O) groups excluding carboxylic acids is 1. The van der Waals surface area contributed by atoms with Gasteiger partial charge < -0.3 is 14.6 Å². The van der Waals surface area contributed by atoms with E-state index >= 15 is 0 Å². The highest BCUT2D eigenvalue weighted by molar-refractivity contribution is 7.88. The summed E-state index contributed by atoms with van der Waals surface area (Å²) >= 11 is 0. The summed E-state index contributed by atoms with van der Waals surface area (Å²) in [7, 11) is -1.87. The number of nitrogens with zero attached hydrogens (tertiary/aromatic N) is 4. The van der Waals surface area contributed by atoms with Crippen LogP contribution in [0.15, 0.2) is 29.3 Å². The normalized spacial score (nSPS) is 21.3. The number of sulfonamides is 1. The molecule has 0 unspecified atom stereocenters. The van der Waals surface area contributed by atoms with Crippen LogP contribution in [0, 0.1) is 0 Å². The van der Waals surface area contributed by atoms with Gasteiger partial charge in [0.15, 0.2) is 0 Å². The Labute approximate surface area is 167 Å². The number of hydrogen-bond acceptors (Lipinski definition) is 7. The van der Waals surface area contributed by atoms with Gasteiger partial charge in [-0.25, -0.2) is 17.7 Å². The van der Waals surface area contributed by atoms with Gasteiger partial charge in [0.2, 0.25) is 15.9 Å². The van der Waals surface area contributed by atoms with E-state index in [1.807, 2.05) is 0 Å². The van der Waals surface area contributed by atoms with Crippen LogP contribution in [0.1, 0.15) is 29.0 Å². The number of carbonyl (C=O) groups is 1. The Morgan fingerprint density at radius 3 is 2.76 bits per heavy atom. The van der Waals surface area contributed by atoms with E-state index in [1.165, 1.54) is 30.1 Å². The van der Waals surface area contributed by atoms with Gasteiger partial charge in [-0.15, -0.1) is 0 Å². The molecule has 2 aromatic rings. The van der Waals surface area contributed by atoms with Gasteiger partial charge in [0.1, 0.15) is 17.1 Å². The second kappa shape index (κ2) is 6.92. The molecular formula is C18H21N5O5S. The second-order valence-corrected chi connectivity index (χ2v) is 9.35. The molecule has 0 aromatic carbocycles. The minimum absolute atomic E-state index is 0.0883. The molecule has 1 N–H and O–H groups in total. The topological polar surface area (TPSA) is 123 Å². The van der Waals surface area contributed by atoms with Crippen molar-refractivity contribution in [3.8, 4) is 5.88 Å². The quantitative estimate of drug-likeness (QED) is 0.751. The van der Waals surface area contributed by atoms with E-state index in [2.05, 4.69) is 15.3 Å². The first-order valence-corrected chi connectivity index (χ1v) is 11.0. The smallest absolute Gasteiger partial charge is 0.285 e. The van der Waals surface area contributed by atoms with E-state index in [0.717, 1.165) is 0 Å². The number of anilines is 1. The van der Waals surface area contributed by atoms with Gasteiger partial charge in [0.25, 0.3) is 11.5 Å². The molecule has 29 heavy (non-hydrogen) atoms. The molecule has 0 bridgehead atoms. The number of methoxy groups -OCH3 is 1. The predicted molar refractivity (Wildman–Crippen MR) is 105 cm³/mol. The Kier molecular flexibility index (Phi) is 4.66. The molecule has 1 amide bonds. The van der Waals surface area contributed by atoms with Crippen LogP contribution in [0.25, 0.3) is 0 Å². The number of rotatable bonds is 4. The second-order valence-electron chi connectivity index (χ2n) is 7.37. The van der Waals surface area contributed by atoms with Gasteiger partial charge in [-0.3, -0.25) is 9.59 Å². The monoisotopic (exact) mass is 419 g/mol. The highest BCUT2D eigenvalue weighted by Gasteiger charge is 2.48. The summed E-state index contributed by atoms with van der Waals surface area (Å²) in [6.45, 7) is 1.27. The van der Waals surface area contributed by atoms with Crippen molar-refractivity contribution in [1.82, 2.24) is 18.8 Å². The summed E-state index contributed by atoms with van der Waals surface area (Å²) in [5.41, 5.74) is -0.865. The molecule has 2 aliphatic heterocycles. The third-order valence-electron chi connectivity index (χ3n) is 5.55. The molecule has 10 nitrogen and oxygen atoms in total. The van der Waals surface area contributed by atoms with Crippen molar-refractivity contribution in [3.63, 3.8) is 0 Å². The van der Waals surface area contributed by atoms with Gasteiger partial charge in [-0.05, 0) is 25.0 Å². The lowest BCUT2D eigenvalue weighted by Gasteiger charge is -2.22. The zero-order valence-electron chi connectivity index (χ0n) is 16.1. The highest BCUT2D eigenvalue weighted by atomic mass is 32.2. The molecule has 1 fully saturated rings. The first-order valence-electron chi connectivity index (χ1n) is 9.11. The lowest BCUT2D eigenvalue weighted by atomic mass is 9.85. The highest BCUT2D eigenvalue weighted by Crippen LogP contribution is 2.41. The number of hydrogen-bond donors (Lipinski definition) is 1. The van der Waals surface area contributed by atoms with Crippen molar-refractivity contribution in [1.29, 1.82) is 0 Å². The standard InChI is InChI=1S/C18H21N5O5S/c1-28-16-13(4-3-7-19-16)20-14(24)12-10-22-8-5-18(17(22)21-15(12)25)6-9-23(11-18)29(2,26)27/h3-4,7,10H,5-6,8-9,11H2,1-2H3,(H,20,24)/t18-/m0/s1. The van der Waals surface area contributed by atoms with Crippen LogP contribution in [0.5, 0.6) is 5.88 Å². The summed E-state index contributed by atoms with van der Waals surface area (Å²) in [6, 6.07) is 3.26. The Morgan fingerprint density at radius 1 is 1.31 bits per heavy atom. The molecule has 154 valence electrons. The van der Waals surface area contributed by atoms with Gasteiger partial charge in [-0.1, -0.05) is 0 Å². The van der Waals surface area contributed by atoms with Crippen molar-refractivity contribution >= 4 is 21.6 Å². The molecular weight excluding hydrogens is 398 g/mol. The average Bonchev–Trinajstić information content (AvgIpc) is 3.27. The lowest BCUT2D eigenvalue weighted by molar-refractivity contribution is 0.102. The summed E-state index contributed by atoms with van der Waals surface area (Å²) in [5, 5.41) is 2.63. The fourth-order valence-electron chi connectivity index (χ4n) is 4.03. The maximum atomic E-state index is 12.7. The molecule has 1 spiro atoms. The van der Waals surface area contributed by atoms with Crippen LogP contribution in [0.4, 0.5) is 5.69 Å². The molecule has 1 saturated heterocycles. The Hall–Kier alpha value is -2.79. The summed E-state index contributed by atoms with van der Waals surface area (Å²) in [5.74, 6) is 0.180. The van der Waals surface area contributed by atoms with E-state index in [0.29, 0.717) is 44.0 Å². The predicted octanol–water partition coefficient (Wildman–Crippen LogP) is 0.206. The van der Waals surface area contributed by atoms with Crippen LogP contribution >= 0.6 is 0 Å². The van der Waals surface area contributed by atoms with Gasteiger partial charge in [-0.2, -0.15) is 4.98 Å². The average molecular weight is 419 g/mol. The number of nitrogens with one attached hydrogen (secondary N) is 1. The number of amides is 1. The van der Waals surface area contributed by atoms with Gasteiger partial charge in [0.05, 0.1) is 13.4 Å². The third kappa shape index (κ3) is 3.40. The molecule has 0 radical (unpaired) electrons. The molecule has 2 aromatic heterocycles. The fourth-order valence-corrected chi connectivity index (χ4v) is 4.94. The van der Waals surface area contributed by atoms with E-state index in [-0.39, 0.29) is 11.4 Å². The largest absolute Gasteiger partial charge is 0.480 e. The van der Waals surface area contributed by atoms with Crippen molar-refractivity contribution < 1.29 is 17.9 Å². The number of pyridine rings is 1. The molecule has 2 aliphatic rings. The summed E-state index contributed by atoms with van der Waals surface area (Å²) < 4.78 is 32.1. The number of aromatic nitrogens is 3. The van der Waals surface area contributed by atoms with Crippen LogP contribution in [-0.4, -0.2) is 59.6 Å². The Bertz CT molecular complexity index is 1150. The van der Waals surface area contributed by atoms with E-state index < -0.39 is 26.9 Å². The summed E-state index contributed by atoms with van der Waals surface area (Å²) in [4.78, 5) is 33.5. The molecule has 0 aliphatic carbocycles. The van der Waals surface area contributed by atoms with Gasteiger partial charge >= 0.3 is 0 Å². The van der Waals surface area contributed by atoms with Crippen LogP contribution < -0.4 is 15.6 Å². The van der Waals surface area contributed by atoms with Crippen molar-refractivity contribution in [2.45, 2.75) is 24.8 Å². The molecule has 4 heterocycles. The first-order chi connectivity index (χ1) is 13.7. The van der Waals surface area contributed by atoms with Crippen LogP contribution in [0.2, 0.25) is 0 Å². The van der Waals surface area contributed by atoms with Crippen molar-refractivity contribution in [3.05, 3.63) is 46.3 Å². The molecule has 11 heteroatoms. The minimum Gasteiger partial charge on any atom is -0.480 e. The third-order valence-corrected chi connectivity index (χ3v) is 6.80.